The first-order valence-electron chi connectivity index (χ1n) is 8.13. The highest BCUT2D eigenvalue weighted by atomic mass is 32.2. The van der Waals surface area contributed by atoms with Crippen molar-refractivity contribution in [2.24, 2.45) is 0 Å². The summed E-state index contributed by atoms with van der Waals surface area (Å²) in [5.41, 5.74) is -1.59. The van der Waals surface area contributed by atoms with E-state index in [4.69, 9.17) is 9.15 Å². The smallest absolute Gasteiger partial charge is 0.417 e. The number of nitriles is 1. The van der Waals surface area contributed by atoms with Crippen molar-refractivity contribution in [2.75, 3.05) is 12.4 Å². The van der Waals surface area contributed by atoms with E-state index in [9.17, 15) is 23.2 Å². The third-order valence-electron chi connectivity index (χ3n) is 3.47. The largest absolute Gasteiger partial charge is 0.466 e. The van der Waals surface area contributed by atoms with E-state index in [0.717, 1.165) is 17.8 Å². The molecule has 0 aliphatic carbocycles. The van der Waals surface area contributed by atoms with Gasteiger partial charge in [0, 0.05) is 12.2 Å². The molecule has 0 spiro atoms. The van der Waals surface area contributed by atoms with E-state index in [-0.39, 0.29) is 35.5 Å². The Bertz CT molecular complexity index is 857. The molecule has 0 unspecified atom stereocenters. The Balaban J connectivity index is 2.31. The fourth-order valence-corrected chi connectivity index (χ4v) is 3.22. The number of esters is 1. The van der Waals surface area contributed by atoms with Gasteiger partial charge in [0.2, 0.25) is 0 Å². The van der Waals surface area contributed by atoms with E-state index in [2.05, 4.69) is 4.98 Å². The number of carbonyl (C=O) groups is 1. The molecule has 2 heterocycles. The number of aromatic nitrogens is 1. The van der Waals surface area contributed by atoms with Gasteiger partial charge in [-0.15, -0.1) is 11.8 Å². The number of halogens is 3. The monoisotopic (exact) mass is 398 g/mol. The standard InChI is InChI=1S/C18H17F3N2O3S/c1-3-25-16(24)5-4-8-27-17-12(10-22)13(18(19,20)21)9-14(23-17)15-7-6-11(2)26-15/h6-7,9H,3-5,8H2,1-2H3. The fraction of sp³-hybridized carbons (Fsp3) is 0.389. The lowest BCUT2D eigenvalue weighted by atomic mass is 10.1. The van der Waals surface area contributed by atoms with Crippen LogP contribution in [0, 0.1) is 18.3 Å². The molecule has 0 aliphatic rings. The van der Waals surface area contributed by atoms with Crippen molar-refractivity contribution in [1.82, 2.24) is 4.98 Å². The molecule has 0 amide bonds. The lowest BCUT2D eigenvalue weighted by molar-refractivity contribution is -0.143. The zero-order chi connectivity index (χ0) is 20.0. The Morgan fingerprint density at radius 1 is 1.41 bits per heavy atom. The van der Waals surface area contributed by atoms with Crippen molar-refractivity contribution < 1.29 is 27.1 Å². The molecule has 0 fully saturated rings. The summed E-state index contributed by atoms with van der Waals surface area (Å²) in [6.45, 7) is 3.63. The number of aryl methyl sites for hydroxylation is 1. The molecule has 0 atom stereocenters. The Labute approximate surface area is 158 Å². The van der Waals surface area contributed by atoms with Crippen LogP contribution in [-0.2, 0) is 15.7 Å². The van der Waals surface area contributed by atoms with Crippen LogP contribution in [0.1, 0.15) is 36.7 Å². The minimum Gasteiger partial charge on any atom is -0.466 e. The van der Waals surface area contributed by atoms with Crippen molar-refractivity contribution in [1.29, 1.82) is 5.26 Å². The van der Waals surface area contributed by atoms with Crippen molar-refractivity contribution in [3.05, 3.63) is 35.1 Å². The van der Waals surface area contributed by atoms with E-state index in [1.54, 1.807) is 26.0 Å². The van der Waals surface area contributed by atoms with Crippen LogP contribution in [0.2, 0.25) is 0 Å². The fourth-order valence-electron chi connectivity index (χ4n) is 2.27. The number of thioether (sulfide) groups is 1. The van der Waals surface area contributed by atoms with Gasteiger partial charge in [0.1, 0.15) is 22.5 Å². The summed E-state index contributed by atoms with van der Waals surface area (Å²) in [5, 5.41) is 9.20. The third-order valence-corrected chi connectivity index (χ3v) is 4.53. The van der Waals surface area contributed by atoms with E-state index < -0.39 is 17.3 Å². The van der Waals surface area contributed by atoms with Crippen molar-refractivity contribution in [3.8, 4) is 17.5 Å². The number of rotatable bonds is 7. The predicted molar refractivity (Wildman–Crippen MR) is 93.0 cm³/mol. The molecule has 0 radical (unpaired) electrons. The molecule has 2 rings (SSSR count). The average Bonchev–Trinajstić information content (AvgIpc) is 3.04. The maximum atomic E-state index is 13.4. The summed E-state index contributed by atoms with van der Waals surface area (Å²) < 4.78 is 50.4. The van der Waals surface area contributed by atoms with Gasteiger partial charge in [-0.3, -0.25) is 4.79 Å². The highest BCUT2D eigenvalue weighted by Gasteiger charge is 2.36. The zero-order valence-electron chi connectivity index (χ0n) is 14.7. The second-order valence-corrected chi connectivity index (χ2v) is 6.60. The number of alkyl halides is 3. The molecule has 0 aromatic carbocycles. The number of furan rings is 1. The molecule has 0 aliphatic heterocycles. The molecule has 2 aromatic rings. The first kappa shape index (κ1) is 20.8. The van der Waals surface area contributed by atoms with Crippen LogP contribution in [0.25, 0.3) is 11.5 Å². The molecule has 9 heteroatoms. The molecule has 0 N–H and O–H groups in total. The number of hydrogen-bond donors (Lipinski definition) is 0. The van der Waals surface area contributed by atoms with Crippen LogP contribution in [0.4, 0.5) is 13.2 Å². The van der Waals surface area contributed by atoms with Crippen LogP contribution in [0.5, 0.6) is 0 Å². The minimum absolute atomic E-state index is 0.00215. The number of hydrogen-bond acceptors (Lipinski definition) is 6. The summed E-state index contributed by atoms with van der Waals surface area (Å²) in [6, 6.07) is 5.56. The highest BCUT2D eigenvalue weighted by molar-refractivity contribution is 7.99. The van der Waals surface area contributed by atoms with Gasteiger partial charge in [-0.2, -0.15) is 18.4 Å². The quantitative estimate of drug-likeness (QED) is 0.372. The molecule has 0 bridgehead atoms. The van der Waals surface area contributed by atoms with E-state index >= 15 is 0 Å². The number of ether oxygens (including phenoxy) is 1. The minimum atomic E-state index is -4.70. The first-order chi connectivity index (χ1) is 12.8. The Morgan fingerprint density at radius 2 is 2.15 bits per heavy atom. The SMILES string of the molecule is CCOC(=O)CCCSc1nc(-c2ccc(C)o2)cc(C(F)(F)F)c1C#N. The number of nitrogens with zero attached hydrogens (tertiary/aromatic N) is 2. The summed E-state index contributed by atoms with van der Waals surface area (Å²) in [4.78, 5) is 15.5. The van der Waals surface area contributed by atoms with Crippen LogP contribution < -0.4 is 0 Å². The molecular formula is C18H17F3N2O3S. The van der Waals surface area contributed by atoms with E-state index in [0.29, 0.717) is 17.9 Å². The molecule has 0 saturated heterocycles. The van der Waals surface area contributed by atoms with Gasteiger partial charge in [-0.1, -0.05) is 0 Å². The van der Waals surface area contributed by atoms with Crippen LogP contribution >= 0.6 is 11.8 Å². The predicted octanol–water partition coefficient (Wildman–Crippen LogP) is 4.98. The first-order valence-corrected chi connectivity index (χ1v) is 9.12. The van der Waals surface area contributed by atoms with Gasteiger partial charge >= 0.3 is 12.1 Å². The van der Waals surface area contributed by atoms with Gasteiger partial charge in [-0.05, 0) is 38.5 Å². The highest BCUT2D eigenvalue weighted by Crippen LogP contribution is 2.38. The Morgan fingerprint density at radius 3 is 2.70 bits per heavy atom. The zero-order valence-corrected chi connectivity index (χ0v) is 15.5. The van der Waals surface area contributed by atoms with Crippen LogP contribution in [0.15, 0.2) is 27.6 Å². The van der Waals surface area contributed by atoms with Crippen molar-refractivity contribution in [3.63, 3.8) is 0 Å². The van der Waals surface area contributed by atoms with Crippen LogP contribution in [-0.4, -0.2) is 23.3 Å². The second kappa shape index (κ2) is 8.95. The molecular weight excluding hydrogens is 381 g/mol. The lowest BCUT2D eigenvalue weighted by Gasteiger charge is -2.13. The van der Waals surface area contributed by atoms with Gasteiger partial charge in [0.25, 0.3) is 0 Å². The van der Waals surface area contributed by atoms with E-state index in [1.807, 2.05) is 0 Å². The summed E-state index contributed by atoms with van der Waals surface area (Å²) in [6.07, 6.45) is -4.17. The maximum absolute atomic E-state index is 13.4. The molecule has 5 nitrogen and oxygen atoms in total. The average molecular weight is 398 g/mol. The van der Waals surface area contributed by atoms with Crippen molar-refractivity contribution >= 4 is 17.7 Å². The topological polar surface area (TPSA) is 76.1 Å². The van der Waals surface area contributed by atoms with Gasteiger partial charge in [0.05, 0.1) is 17.7 Å². The van der Waals surface area contributed by atoms with Crippen LogP contribution in [0.3, 0.4) is 0 Å². The summed E-state index contributed by atoms with van der Waals surface area (Å²) in [7, 11) is 0. The molecule has 0 saturated carbocycles. The van der Waals surface area contributed by atoms with Gasteiger partial charge in [0.15, 0.2) is 5.76 Å². The second-order valence-electron chi connectivity index (χ2n) is 5.51. The Kier molecular flexibility index (Phi) is 6.91. The Hall–Kier alpha value is -2.47. The lowest BCUT2D eigenvalue weighted by Crippen LogP contribution is -2.10. The summed E-state index contributed by atoms with van der Waals surface area (Å²) in [5.74, 6) is 0.671. The molecule has 144 valence electrons. The van der Waals surface area contributed by atoms with Gasteiger partial charge in [-0.25, -0.2) is 4.98 Å². The molecule has 27 heavy (non-hydrogen) atoms. The molecule has 2 aromatic heterocycles. The number of pyridine rings is 1. The third kappa shape index (κ3) is 5.50. The summed E-state index contributed by atoms with van der Waals surface area (Å²) >= 11 is 0.995. The van der Waals surface area contributed by atoms with E-state index in [1.165, 1.54) is 6.07 Å². The maximum Gasteiger partial charge on any atom is 0.417 e. The number of carbonyl (C=O) groups excluding carboxylic acids is 1. The van der Waals surface area contributed by atoms with Gasteiger partial charge < -0.3 is 9.15 Å². The normalized spacial score (nSPS) is 11.3. The van der Waals surface area contributed by atoms with Crippen molar-refractivity contribution in [2.45, 2.75) is 37.9 Å².